The molecule has 0 saturated carbocycles. The normalized spacial score (nSPS) is 11.6. The second kappa shape index (κ2) is 12.9. The number of hydrogen-bond acceptors (Lipinski definition) is 3. The lowest BCUT2D eigenvalue weighted by atomic mass is 9.88. The summed E-state index contributed by atoms with van der Waals surface area (Å²) in [5.74, 6) is 0.710. The summed E-state index contributed by atoms with van der Waals surface area (Å²) in [5, 5.41) is 10.1. The fourth-order valence-electron chi connectivity index (χ4n) is 8.22. The molecule has 11 aromatic rings. The van der Waals surface area contributed by atoms with Crippen molar-refractivity contribution in [1.82, 2.24) is 9.97 Å². The van der Waals surface area contributed by atoms with Crippen molar-refractivity contribution in [2.45, 2.75) is 0 Å². The zero-order valence-corrected chi connectivity index (χ0v) is 30.6. The zero-order valence-electron chi connectivity index (χ0n) is 29.8. The van der Waals surface area contributed by atoms with Gasteiger partial charge >= 0.3 is 0 Å². The molecule has 2 heterocycles. The molecular weight excluding hydrogens is 685 g/mol. The molecule has 3 heteroatoms. The maximum atomic E-state index is 5.22. The van der Waals surface area contributed by atoms with Crippen LogP contribution in [-0.2, 0) is 0 Å². The summed E-state index contributed by atoms with van der Waals surface area (Å²) >= 11 is 1.86. The molecule has 0 amide bonds. The van der Waals surface area contributed by atoms with Crippen molar-refractivity contribution in [2.24, 2.45) is 0 Å². The average molecular weight is 717 g/mol. The van der Waals surface area contributed by atoms with E-state index in [1.54, 1.807) is 0 Å². The van der Waals surface area contributed by atoms with Crippen LogP contribution in [-0.4, -0.2) is 9.97 Å². The van der Waals surface area contributed by atoms with Gasteiger partial charge < -0.3 is 0 Å². The third-order valence-electron chi connectivity index (χ3n) is 10.9. The van der Waals surface area contributed by atoms with Gasteiger partial charge in [-0.3, -0.25) is 0 Å². The molecule has 0 N–H and O–H groups in total. The van der Waals surface area contributed by atoms with Gasteiger partial charge in [0.2, 0.25) is 0 Å². The first-order chi connectivity index (χ1) is 27.2. The van der Waals surface area contributed by atoms with Crippen molar-refractivity contribution in [3.05, 3.63) is 194 Å². The molecule has 0 unspecified atom stereocenters. The van der Waals surface area contributed by atoms with Gasteiger partial charge in [-0.2, -0.15) is 0 Å². The molecule has 11 rings (SSSR count). The summed E-state index contributed by atoms with van der Waals surface area (Å²) in [6.45, 7) is 0. The van der Waals surface area contributed by atoms with E-state index in [2.05, 4.69) is 176 Å². The van der Waals surface area contributed by atoms with Crippen LogP contribution in [0.3, 0.4) is 0 Å². The smallest absolute Gasteiger partial charge is 0.160 e. The van der Waals surface area contributed by atoms with Gasteiger partial charge in [-0.05, 0) is 84.9 Å². The number of hydrogen-bond donors (Lipinski definition) is 0. The first kappa shape index (κ1) is 31.6. The Kier molecular flexibility index (Phi) is 7.39. The molecule has 0 saturated heterocycles. The lowest BCUT2D eigenvalue weighted by Crippen LogP contribution is -1.96. The maximum absolute atomic E-state index is 5.22. The Morgan fingerprint density at radius 1 is 0.291 bits per heavy atom. The van der Waals surface area contributed by atoms with Crippen molar-refractivity contribution < 1.29 is 0 Å². The van der Waals surface area contributed by atoms with Crippen molar-refractivity contribution in [3.63, 3.8) is 0 Å². The van der Waals surface area contributed by atoms with Crippen molar-refractivity contribution in [1.29, 1.82) is 0 Å². The van der Waals surface area contributed by atoms with Crippen molar-refractivity contribution in [3.8, 4) is 56.2 Å². The van der Waals surface area contributed by atoms with Gasteiger partial charge in [0, 0.05) is 36.9 Å². The number of fused-ring (bicyclic) bond motifs is 9. The van der Waals surface area contributed by atoms with E-state index in [0.29, 0.717) is 5.82 Å². The fraction of sp³-hybridized carbons (Fsp3) is 0. The number of rotatable bonds is 5. The van der Waals surface area contributed by atoms with Crippen molar-refractivity contribution >= 4 is 63.8 Å². The Morgan fingerprint density at radius 3 is 1.60 bits per heavy atom. The highest BCUT2D eigenvalue weighted by Crippen LogP contribution is 2.43. The summed E-state index contributed by atoms with van der Waals surface area (Å²) in [6.07, 6.45) is 0. The third kappa shape index (κ3) is 5.40. The Bertz CT molecular complexity index is 3240. The molecule has 0 aliphatic carbocycles. The SMILES string of the molecule is c1ccc(-c2ccc(-c3cc(-c4ccc5c(c4)c4ccccc4c4cccc(-c6ccc7sc8ccccc8c7c6)c45)nc(-c4ccccc4)n3)cc2)cc1. The topological polar surface area (TPSA) is 25.8 Å². The van der Waals surface area contributed by atoms with Gasteiger partial charge in [-0.25, -0.2) is 9.97 Å². The van der Waals surface area contributed by atoms with Gasteiger partial charge in [-0.1, -0.05) is 164 Å². The van der Waals surface area contributed by atoms with Crippen LogP contribution >= 0.6 is 11.3 Å². The molecule has 9 aromatic carbocycles. The predicted octanol–water partition coefficient (Wildman–Crippen LogP) is 14.6. The molecule has 55 heavy (non-hydrogen) atoms. The molecule has 2 aromatic heterocycles. The van der Waals surface area contributed by atoms with E-state index in [9.17, 15) is 0 Å². The van der Waals surface area contributed by atoms with E-state index in [1.807, 2.05) is 29.5 Å². The number of thiophene rings is 1. The lowest BCUT2D eigenvalue weighted by Gasteiger charge is -2.16. The van der Waals surface area contributed by atoms with Crippen LogP contribution < -0.4 is 0 Å². The minimum Gasteiger partial charge on any atom is -0.228 e. The van der Waals surface area contributed by atoms with E-state index >= 15 is 0 Å². The summed E-state index contributed by atoms with van der Waals surface area (Å²) in [7, 11) is 0. The first-order valence-corrected chi connectivity index (χ1v) is 19.5. The minimum atomic E-state index is 0.710. The van der Waals surface area contributed by atoms with Gasteiger partial charge in [0.05, 0.1) is 11.4 Å². The number of aromatic nitrogens is 2. The van der Waals surface area contributed by atoms with E-state index in [-0.39, 0.29) is 0 Å². The standard InChI is InChI=1S/C52H32N2S/c1-3-12-33(13-4-1)34-22-24-35(25-23-34)47-32-48(54-52(53-47)36-14-5-2-6-15-36)38-26-28-44-45(31-38)41-17-8-7-16-40(41)43-20-11-19-39(51(43)44)37-27-29-50-46(30-37)42-18-9-10-21-49(42)55-50/h1-32H. The molecule has 0 aliphatic rings. The second-order valence-electron chi connectivity index (χ2n) is 14.1. The van der Waals surface area contributed by atoms with E-state index in [0.717, 1.165) is 28.1 Å². The zero-order chi connectivity index (χ0) is 36.3. The van der Waals surface area contributed by atoms with Crippen LogP contribution in [0.1, 0.15) is 0 Å². The monoisotopic (exact) mass is 716 g/mol. The quantitative estimate of drug-likeness (QED) is 0.166. The van der Waals surface area contributed by atoms with E-state index in [4.69, 9.17) is 9.97 Å². The highest BCUT2D eigenvalue weighted by molar-refractivity contribution is 7.25. The van der Waals surface area contributed by atoms with Crippen LogP contribution in [0.15, 0.2) is 194 Å². The van der Waals surface area contributed by atoms with Gasteiger partial charge in [0.15, 0.2) is 5.82 Å². The Labute approximate surface area is 322 Å². The fourth-order valence-corrected chi connectivity index (χ4v) is 9.31. The molecule has 0 aliphatic heterocycles. The highest BCUT2D eigenvalue weighted by atomic mass is 32.1. The van der Waals surface area contributed by atoms with Gasteiger partial charge in [0.25, 0.3) is 0 Å². The first-order valence-electron chi connectivity index (χ1n) is 18.6. The number of benzene rings is 9. The predicted molar refractivity (Wildman–Crippen MR) is 235 cm³/mol. The molecular formula is C52H32N2S. The molecule has 256 valence electrons. The molecule has 0 atom stereocenters. The van der Waals surface area contributed by atoms with Crippen LogP contribution in [0.2, 0.25) is 0 Å². The maximum Gasteiger partial charge on any atom is 0.160 e. The largest absolute Gasteiger partial charge is 0.228 e. The van der Waals surface area contributed by atoms with Gasteiger partial charge in [-0.15, -0.1) is 11.3 Å². The van der Waals surface area contributed by atoms with Crippen molar-refractivity contribution in [2.75, 3.05) is 0 Å². The van der Waals surface area contributed by atoms with E-state index in [1.165, 1.54) is 74.7 Å². The van der Waals surface area contributed by atoms with Crippen LogP contribution in [0.25, 0.3) is 109 Å². The second-order valence-corrected chi connectivity index (χ2v) is 15.2. The molecule has 0 spiro atoms. The van der Waals surface area contributed by atoms with Crippen LogP contribution in [0.5, 0.6) is 0 Å². The summed E-state index contributed by atoms with van der Waals surface area (Å²) < 4.78 is 2.64. The van der Waals surface area contributed by atoms with Gasteiger partial charge in [0.1, 0.15) is 0 Å². The molecule has 0 bridgehead atoms. The lowest BCUT2D eigenvalue weighted by molar-refractivity contribution is 1.18. The summed E-state index contributed by atoms with van der Waals surface area (Å²) in [5.41, 5.74) is 9.74. The number of nitrogens with zero attached hydrogens (tertiary/aromatic N) is 2. The van der Waals surface area contributed by atoms with Crippen LogP contribution in [0, 0.1) is 0 Å². The minimum absolute atomic E-state index is 0.710. The van der Waals surface area contributed by atoms with E-state index < -0.39 is 0 Å². The third-order valence-corrected chi connectivity index (χ3v) is 12.0. The average Bonchev–Trinajstić information content (AvgIpc) is 3.65. The summed E-state index contributed by atoms with van der Waals surface area (Å²) in [6, 6.07) is 69.8. The molecule has 0 radical (unpaired) electrons. The highest BCUT2D eigenvalue weighted by Gasteiger charge is 2.17. The Hall–Kier alpha value is -6.94. The Morgan fingerprint density at radius 2 is 0.818 bits per heavy atom. The Balaban J connectivity index is 1.11. The van der Waals surface area contributed by atoms with Crippen LogP contribution in [0.4, 0.5) is 0 Å². The molecule has 0 fully saturated rings. The molecule has 2 nitrogen and oxygen atoms in total. The summed E-state index contributed by atoms with van der Waals surface area (Å²) in [4.78, 5) is 10.3.